The number of rotatable bonds is 4. The molecule has 0 spiro atoms. The Morgan fingerprint density at radius 1 is 0.704 bits per heavy atom. The van der Waals surface area contributed by atoms with E-state index < -0.39 is 11.9 Å². The topological polar surface area (TPSA) is 86.6 Å². The summed E-state index contributed by atoms with van der Waals surface area (Å²) < 4.78 is 0. The van der Waals surface area contributed by atoms with Crippen LogP contribution in [-0.2, 0) is 10.8 Å². The zero-order valence-electron chi connectivity index (χ0n) is 16.7. The molecule has 0 saturated carbocycles. The van der Waals surface area contributed by atoms with E-state index in [0.717, 1.165) is 11.1 Å². The molecular weight excluding hydrogens is 342 g/mol. The number of hydrogen-bond acceptors (Lipinski definition) is 3. The molecule has 0 aliphatic heterocycles. The summed E-state index contributed by atoms with van der Waals surface area (Å²) in [4.78, 5) is 23.5. The number of carboxylic acids is 2. The minimum atomic E-state index is -1.06. The van der Waals surface area contributed by atoms with Crippen LogP contribution in [0.3, 0.4) is 0 Å². The van der Waals surface area contributed by atoms with Gasteiger partial charge in [-0.1, -0.05) is 53.7 Å². The first-order chi connectivity index (χ1) is 12.3. The Bertz CT molecular complexity index is 813. The van der Waals surface area contributed by atoms with Gasteiger partial charge in [0, 0.05) is 0 Å². The van der Waals surface area contributed by atoms with Crippen LogP contribution in [0.5, 0.6) is 0 Å². The monoisotopic (exact) mass is 369 g/mol. The Morgan fingerprint density at radius 3 is 1.30 bits per heavy atom. The van der Waals surface area contributed by atoms with E-state index in [1.165, 1.54) is 0 Å². The normalized spacial score (nSPS) is 11.9. The lowest BCUT2D eigenvalue weighted by molar-refractivity contribution is 0.0687. The zero-order valence-corrected chi connectivity index (χ0v) is 16.7. The number of benzene rings is 2. The van der Waals surface area contributed by atoms with Gasteiger partial charge in [-0.25, -0.2) is 9.59 Å². The lowest BCUT2D eigenvalue weighted by atomic mass is 9.85. The molecule has 5 heteroatoms. The lowest BCUT2D eigenvalue weighted by Crippen LogP contribution is -2.15. The van der Waals surface area contributed by atoms with Crippen LogP contribution in [0.1, 0.15) is 73.4 Å². The van der Waals surface area contributed by atoms with E-state index in [1.54, 1.807) is 24.3 Å². The molecule has 2 aromatic carbocycles. The fourth-order valence-electron chi connectivity index (χ4n) is 2.74. The Hall–Kier alpha value is -2.82. The van der Waals surface area contributed by atoms with Crippen molar-refractivity contribution in [2.24, 2.45) is 0 Å². The van der Waals surface area contributed by atoms with Gasteiger partial charge >= 0.3 is 11.9 Å². The van der Waals surface area contributed by atoms with Gasteiger partial charge in [0.15, 0.2) is 0 Å². The highest BCUT2D eigenvalue weighted by atomic mass is 16.4. The first kappa shape index (κ1) is 20.5. The molecule has 2 aromatic rings. The molecule has 0 heterocycles. The number of nitrogens with one attached hydrogen (secondary N) is 1. The van der Waals surface area contributed by atoms with Crippen molar-refractivity contribution in [1.82, 2.24) is 0 Å². The number of hydrogen-bond donors (Lipinski definition) is 3. The quantitative estimate of drug-likeness (QED) is 0.670. The van der Waals surface area contributed by atoms with Crippen LogP contribution < -0.4 is 5.32 Å². The van der Waals surface area contributed by atoms with Crippen LogP contribution >= 0.6 is 0 Å². The van der Waals surface area contributed by atoms with Crippen LogP contribution in [0.15, 0.2) is 36.4 Å². The molecule has 3 N–H and O–H groups in total. The van der Waals surface area contributed by atoms with Crippen molar-refractivity contribution in [3.63, 3.8) is 0 Å². The molecule has 0 aliphatic rings. The van der Waals surface area contributed by atoms with Gasteiger partial charge in [0.1, 0.15) is 0 Å². The SMILES string of the molecule is CC(C)(C)c1ccc(Nc2ccc(C(C)(C)C)cc2C(=O)O)c(C(=O)O)c1. The molecule has 0 saturated heterocycles. The molecule has 0 atom stereocenters. The smallest absolute Gasteiger partial charge is 0.337 e. The predicted molar refractivity (Wildman–Crippen MR) is 107 cm³/mol. The summed E-state index contributed by atoms with van der Waals surface area (Å²) in [5.74, 6) is -2.13. The molecule has 5 nitrogen and oxygen atoms in total. The van der Waals surface area contributed by atoms with Crippen LogP contribution in [0.25, 0.3) is 0 Å². The summed E-state index contributed by atoms with van der Waals surface area (Å²) >= 11 is 0. The summed E-state index contributed by atoms with van der Waals surface area (Å²) in [5, 5.41) is 22.2. The number of anilines is 2. The fraction of sp³-hybridized carbons (Fsp3) is 0.364. The highest BCUT2D eigenvalue weighted by Gasteiger charge is 2.21. The maximum absolute atomic E-state index is 11.7. The Labute approximate surface area is 160 Å². The number of aromatic carboxylic acids is 2. The van der Waals surface area contributed by atoms with E-state index in [4.69, 9.17) is 0 Å². The van der Waals surface area contributed by atoms with E-state index >= 15 is 0 Å². The Morgan fingerprint density at radius 2 is 1.04 bits per heavy atom. The molecule has 0 aliphatic carbocycles. The van der Waals surface area contributed by atoms with Gasteiger partial charge < -0.3 is 15.5 Å². The van der Waals surface area contributed by atoms with Crippen molar-refractivity contribution >= 4 is 23.3 Å². The standard InChI is InChI=1S/C22H27NO4/c1-21(2,3)13-7-9-17(15(11-13)19(24)25)23-18-10-8-14(22(4,5)6)12-16(18)20(26)27/h7-12,23H,1-6H3,(H,24,25)(H,26,27). The van der Waals surface area contributed by atoms with Gasteiger partial charge in [-0.15, -0.1) is 0 Å². The summed E-state index contributed by atoms with van der Waals surface area (Å²) in [7, 11) is 0. The lowest BCUT2D eigenvalue weighted by Gasteiger charge is -2.22. The maximum atomic E-state index is 11.7. The molecule has 0 bridgehead atoms. The first-order valence-corrected chi connectivity index (χ1v) is 8.83. The van der Waals surface area contributed by atoms with Crippen LogP contribution in [-0.4, -0.2) is 22.2 Å². The summed E-state index contributed by atoms with van der Waals surface area (Å²) in [5.41, 5.74) is 2.35. The van der Waals surface area contributed by atoms with Crippen molar-refractivity contribution in [3.8, 4) is 0 Å². The average molecular weight is 369 g/mol. The summed E-state index contributed by atoms with van der Waals surface area (Å²) in [6, 6.07) is 10.4. The van der Waals surface area contributed by atoms with Gasteiger partial charge in [-0.3, -0.25) is 0 Å². The molecule has 0 fully saturated rings. The van der Waals surface area contributed by atoms with Crippen molar-refractivity contribution < 1.29 is 19.8 Å². The molecule has 2 rings (SSSR count). The zero-order chi connectivity index (χ0) is 20.6. The molecule has 27 heavy (non-hydrogen) atoms. The van der Waals surface area contributed by atoms with Crippen molar-refractivity contribution in [1.29, 1.82) is 0 Å². The molecule has 0 aromatic heterocycles. The van der Waals surface area contributed by atoms with Gasteiger partial charge in [0.05, 0.1) is 22.5 Å². The molecular formula is C22H27NO4. The summed E-state index contributed by atoms with van der Waals surface area (Å²) in [6.45, 7) is 12.1. The van der Waals surface area contributed by atoms with E-state index in [2.05, 4.69) is 5.32 Å². The van der Waals surface area contributed by atoms with E-state index in [-0.39, 0.29) is 22.0 Å². The van der Waals surface area contributed by atoms with Gasteiger partial charge in [-0.2, -0.15) is 0 Å². The minimum absolute atomic E-state index is 0.110. The number of carboxylic acid groups (broad SMARTS) is 2. The largest absolute Gasteiger partial charge is 0.478 e. The summed E-state index contributed by atoms with van der Waals surface area (Å²) in [6.07, 6.45) is 0. The Balaban J connectivity index is 2.53. The van der Waals surface area contributed by atoms with Gasteiger partial charge in [0.25, 0.3) is 0 Å². The van der Waals surface area contributed by atoms with E-state index in [9.17, 15) is 19.8 Å². The molecule has 0 amide bonds. The van der Waals surface area contributed by atoms with E-state index in [0.29, 0.717) is 11.4 Å². The second kappa shape index (κ2) is 7.06. The molecule has 0 unspecified atom stereocenters. The number of carbonyl (C=O) groups is 2. The first-order valence-electron chi connectivity index (χ1n) is 8.83. The van der Waals surface area contributed by atoms with Crippen LogP contribution in [0.2, 0.25) is 0 Å². The van der Waals surface area contributed by atoms with Crippen LogP contribution in [0.4, 0.5) is 11.4 Å². The fourth-order valence-corrected chi connectivity index (χ4v) is 2.74. The molecule has 0 radical (unpaired) electrons. The third kappa shape index (κ3) is 4.67. The maximum Gasteiger partial charge on any atom is 0.337 e. The third-order valence-corrected chi connectivity index (χ3v) is 4.50. The van der Waals surface area contributed by atoms with E-state index in [1.807, 2.05) is 53.7 Å². The molecule has 144 valence electrons. The van der Waals surface area contributed by atoms with Crippen molar-refractivity contribution in [3.05, 3.63) is 58.7 Å². The highest BCUT2D eigenvalue weighted by Crippen LogP contribution is 2.32. The Kier molecular flexibility index (Phi) is 5.36. The second-order valence-corrected chi connectivity index (χ2v) is 8.76. The highest BCUT2D eigenvalue weighted by molar-refractivity contribution is 5.99. The van der Waals surface area contributed by atoms with Gasteiger partial charge in [0.2, 0.25) is 0 Å². The predicted octanol–water partition coefficient (Wildman–Crippen LogP) is 5.42. The van der Waals surface area contributed by atoms with Crippen LogP contribution in [0, 0.1) is 0 Å². The van der Waals surface area contributed by atoms with Gasteiger partial charge in [-0.05, 0) is 46.2 Å². The third-order valence-electron chi connectivity index (χ3n) is 4.50. The average Bonchev–Trinajstić information content (AvgIpc) is 2.53. The minimum Gasteiger partial charge on any atom is -0.478 e. The second-order valence-electron chi connectivity index (χ2n) is 8.76. The van der Waals surface area contributed by atoms with Crippen molar-refractivity contribution in [2.45, 2.75) is 52.4 Å². The van der Waals surface area contributed by atoms with Crippen molar-refractivity contribution in [2.75, 3.05) is 5.32 Å².